The van der Waals surface area contributed by atoms with Crippen LogP contribution in [0.5, 0.6) is 0 Å². The molecule has 0 spiro atoms. The zero-order valence-electron chi connectivity index (χ0n) is 12.7. The molecule has 0 aliphatic carbocycles. The molecule has 0 fully saturated rings. The molecule has 23 heavy (non-hydrogen) atoms. The molecule has 0 bridgehead atoms. The van der Waals surface area contributed by atoms with Crippen LogP contribution in [0.25, 0.3) is 11.5 Å². The van der Waals surface area contributed by atoms with E-state index in [-0.39, 0.29) is 0 Å². The number of hydrogen-bond donors (Lipinski definition) is 0. The van der Waals surface area contributed by atoms with Gasteiger partial charge < -0.3 is 8.94 Å². The lowest BCUT2D eigenvalue weighted by atomic mass is 10.1. The number of aromatic nitrogens is 4. The van der Waals surface area contributed by atoms with E-state index in [2.05, 4.69) is 50.1 Å². The average molecular weight is 395 g/mol. The third kappa shape index (κ3) is 4.20. The van der Waals surface area contributed by atoms with Gasteiger partial charge in [0.05, 0.1) is 11.3 Å². The zero-order valence-corrected chi connectivity index (χ0v) is 15.1. The number of benzene rings is 1. The summed E-state index contributed by atoms with van der Waals surface area (Å²) in [6, 6.07) is 7.71. The monoisotopic (exact) mass is 394 g/mol. The third-order valence-electron chi connectivity index (χ3n) is 2.93. The van der Waals surface area contributed by atoms with E-state index in [9.17, 15) is 0 Å². The fourth-order valence-electron chi connectivity index (χ4n) is 1.93. The highest BCUT2D eigenvalue weighted by molar-refractivity contribution is 9.10. The van der Waals surface area contributed by atoms with E-state index in [1.807, 2.05) is 24.3 Å². The molecule has 0 unspecified atom stereocenters. The maximum absolute atomic E-state index is 5.66. The molecule has 3 rings (SSSR count). The fourth-order valence-corrected chi connectivity index (χ4v) is 2.99. The second-order valence-electron chi connectivity index (χ2n) is 5.34. The number of nitrogens with zero attached hydrogens (tertiary/aromatic N) is 4. The maximum atomic E-state index is 5.66. The van der Waals surface area contributed by atoms with Gasteiger partial charge in [-0.05, 0) is 34.0 Å². The summed E-state index contributed by atoms with van der Waals surface area (Å²) in [5.41, 5.74) is 0.865. The topological polar surface area (TPSA) is 77.8 Å². The van der Waals surface area contributed by atoms with E-state index < -0.39 is 0 Å². The van der Waals surface area contributed by atoms with Gasteiger partial charge in [0.2, 0.25) is 11.8 Å². The van der Waals surface area contributed by atoms with Crippen molar-refractivity contribution >= 4 is 27.7 Å². The molecule has 0 aliphatic rings. The molecule has 2 heterocycles. The molecule has 0 atom stereocenters. The highest BCUT2D eigenvalue weighted by Gasteiger charge is 2.14. The van der Waals surface area contributed by atoms with Crippen LogP contribution in [0.1, 0.15) is 25.6 Å². The van der Waals surface area contributed by atoms with Crippen molar-refractivity contribution in [3.63, 3.8) is 0 Å². The quantitative estimate of drug-likeness (QED) is 0.574. The summed E-state index contributed by atoms with van der Waals surface area (Å²) >= 11 is 4.85. The van der Waals surface area contributed by atoms with Gasteiger partial charge in [-0.25, -0.2) is 0 Å². The molecule has 0 amide bonds. The van der Waals surface area contributed by atoms with Gasteiger partial charge in [0.25, 0.3) is 5.22 Å². The first-order chi connectivity index (χ1) is 11.1. The van der Waals surface area contributed by atoms with Gasteiger partial charge in [-0.1, -0.05) is 42.9 Å². The minimum Gasteiger partial charge on any atom is -0.411 e. The van der Waals surface area contributed by atoms with Crippen LogP contribution in [0.2, 0.25) is 0 Å². The minimum absolute atomic E-state index is 0.472. The molecule has 2 aromatic heterocycles. The summed E-state index contributed by atoms with van der Waals surface area (Å²) < 4.78 is 11.8. The smallest absolute Gasteiger partial charge is 0.277 e. The van der Waals surface area contributed by atoms with Crippen LogP contribution in [0.3, 0.4) is 0 Å². The predicted octanol–water partition coefficient (Wildman–Crippen LogP) is 4.37. The second-order valence-corrected chi connectivity index (χ2v) is 7.12. The third-order valence-corrected chi connectivity index (χ3v) is 4.43. The van der Waals surface area contributed by atoms with E-state index in [1.165, 1.54) is 11.8 Å². The van der Waals surface area contributed by atoms with E-state index >= 15 is 0 Å². The number of rotatable bonds is 6. The zero-order chi connectivity index (χ0) is 16.2. The maximum Gasteiger partial charge on any atom is 0.277 e. The molecule has 0 radical (unpaired) electrons. The predicted molar refractivity (Wildman–Crippen MR) is 89.8 cm³/mol. The lowest BCUT2D eigenvalue weighted by molar-refractivity contribution is 0.381. The van der Waals surface area contributed by atoms with Crippen molar-refractivity contribution in [2.24, 2.45) is 5.92 Å². The molecular formula is C15H15BrN4O2S. The average Bonchev–Trinajstić information content (AvgIpc) is 3.14. The van der Waals surface area contributed by atoms with Crippen molar-refractivity contribution in [3.8, 4) is 11.5 Å². The Morgan fingerprint density at radius 3 is 2.83 bits per heavy atom. The van der Waals surface area contributed by atoms with Gasteiger partial charge in [-0.2, -0.15) is 4.98 Å². The summed E-state index contributed by atoms with van der Waals surface area (Å²) in [5, 5.41) is 12.5. The van der Waals surface area contributed by atoms with E-state index in [4.69, 9.17) is 8.94 Å². The summed E-state index contributed by atoms with van der Waals surface area (Å²) in [5.74, 6) is 2.77. The van der Waals surface area contributed by atoms with Crippen LogP contribution in [-0.4, -0.2) is 20.3 Å². The standard InChI is InChI=1S/C15H15BrN4O2S/c1-9(2)7-12-17-13(22-20-12)8-23-15-19-18-14(21-15)10-5-3-4-6-11(10)16/h3-6,9H,7-8H2,1-2H3. The first-order valence-corrected chi connectivity index (χ1v) is 8.92. The molecule has 120 valence electrons. The Morgan fingerprint density at radius 2 is 2.04 bits per heavy atom. The Labute approximate surface area is 146 Å². The number of thioether (sulfide) groups is 1. The van der Waals surface area contributed by atoms with Crippen molar-refractivity contribution in [1.82, 2.24) is 20.3 Å². The molecule has 0 aliphatic heterocycles. The van der Waals surface area contributed by atoms with Gasteiger partial charge >= 0.3 is 0 Å². The van der Waals surface area contributed by atoms with Crippen LogP contribution >= 0.6 is 27.7 Å². The molecule has 1 aromatic carbocycles. The lowest BCUT2D eigenvalue weighted by Gasteiger charge is -1.97. The van der Waals surface area contributed by atoms with Crippen molar-refractivity contribution in [3.05, 3.63) is 40.5 Å². The first-order valence-electron chi connectivity index (χ1n) is 7.14. The number of hydrogen-bond acceptors (Lipinski definition) is 7. The minimum atomic E-state index is 0.472. The molecule has 0 saturated carbocycles. The Bertz CT molecular complexity index is 787. The molecule has 3 aromatic rings. The first kappa shape index (κ1) is 16.2. The van der Waals surface area contributed by atoms with Gasteiger partial charge in [0, 0.05) is 10.9 Å². The molecule has 0 N–H and O–H groups in total. The number of halogens is 1. The van der Waals surface area contributed by atoms with Crippen LogP contribution in [-0.2, 0) is 12.2 Å². The van der Waals surface area contributed by atoms with E-state index in [0.29, 0.717) is 28.7 Å². The van der Waals surface area contributed by atoms with Crippen LogP contribution in [0.4, 0.5) is 0 Å². The molecule has 0 saturated heterocycles. The molecular weight excluding hydrogens is 380 g/mol. The Balaban J connectivity index is 1.63. The van der Waals surface area contributed by atoms with E-state index in [0.717, 1.165) is 22.3 Å². The molecule has 8 heteroatoms. The van der Waals surface area contributed by atoms with Crippen molar-refractivity contribution in [2.75, 3.05) is 0 Å². The second kappa shape index (κ2) is 7.27. The summed E-state index contributed by atoms with van der Waals surface area (Å²) in [6.07, 6.45) is 0.806. The fraction of sp³-hybridized carbons (Fsp3) is 0.333. The highest BCUT2D eigenvalue weighted by Crippen LogP contribution is 2.29. The highest BCUT2D eigenvalue weighted by atomic mass is 79.9. The van der Waals surface area contributed by atoms with Gasteiger partial charge in [-0.15, -0.1) is 10.2 Å². The van der Waals surface area contributed by atoms with Crippen molar-refractivity contribution < 1.29 is 8.94 Å². The lowest BCUT2D eigenvalue weighted by Crippen LogP contribution is -1.96. The van der Waals surface area contributed by atoms with Crippen LogP contribution in [0.15, 0.2) is 42.9 Å². The van der Waals surface area contributed by atoms with Gasteiger partial charge in [-0.3, -0.25) is 0 Å². The SMILES string of the molecule is CC(C)Cc1noc(CSc2nnc(-c3ccccc3Br)o2)n1. The summed E-state index contributed by atoms with van der Waals surface area (Å²) in [4.78, 5) is 4.35. The molecule has 6 nitrogen and oxygen atoms in total. The van der Waals surface area contributed by atoms with E-state index in [1.54, 1.807) is 0 Å². The van der Waals surface area contributed by atoms with Gasteiger partial charge in [0.15, 0.2) is 5.82 Å². The normalized spacial score (nSPS) is 11.3. The summed E-state index contributed by atoms with van der Waals surface area (Å²) in [7, 11) is 0. The largest absolute Gasteiger partial charge is 0.411 e. The van der Waals surface area contributed by atoms with Crippen LogP contribution < -0.4 is 0 Å². The van der Waals surface area contributed by atoms with Crippen LogP contribution in [0, 0.1) is 5.92 Å². The summed E-state index contributed by atoms with van der Waals surface area (Å²) in [6.45, 7) is 4.24. The Kier molecular flexibility index (Phi) is 5.12. The Hall–Kier alpha value is -1.67. The van der Waals surface area contributed by atoms with Gasteiger partial charge in [0.1, 0.15) is 0 Å². The Morgan fingerprint density at radius 1 is 1.22 bits per heavy atom. The van der Waals surface area contributed by atoms with Crippen molar-refractivity contribution in [2.45, 2.75) is 31.2 Å². The van der Waals surface area contributed by atoms with Crippen molar-refractivity contribution in [1.29, 1.82) is 0 Å².